The highest BCUT2D eigenvalue weighted by atomic mass is 32.3. The number of hydrogen-bond acceptors (Lipinski definition) is 3. The van der Waals surface area contributed by atoms with Gasteiger partial charge in [0, 0.05) is 6.54 Å². The fourth-order valence-electron chi connectivity index (χ4n) is 0.946. The lowest BCUT2D eigenvalue weighted by molar-refractivity contribution is 0.552. The van der Waals surface area contributed by atoms with Crippen LogP contribution in [0.4, 0.5) is 3.89 Å². The summed E-state index contributed by atoms with van der Waals surface area (Å²) in [5.41, 5.74) is 6.01. The van der Waals surface area contributed by atoms with E-state index in [4.69, 9.17) is 5.73 Å². The van der Waals surface area contributed by atoms with Gasteiger partial charge in [-0.2, -0.15) is 8.42 Å². The van der Waals surface area contributed by atoms with Crippen LogP contribution in [-0.2, 0) is 10.2 Å². The molecule has 0 aromatic heterocycles. The van der Waals surface area contributed by atoms with Crippen molar-refractivity contribution in [2.24, 2.45) is 5.73 Å². The van der Waals surface area contributed by atoms with Crippen molar-refractivity contribution in [3.05, 3.63) is 35.9 Å². The molecule has 0 atom stereocenters. The summed E-state index contributed by atoms with van der Waals surface area (Å²) in [6.45, 7) is 0.406. The van der Waals surface area contributed by atoms with E-state index in [9.17, 15) is 12.3 Å². The third kappa shape index (κ3) is 2.93. The first-order chi connectivity index (χ1) is 6.54. The molecule has 0 aliphatic rings. The Morgan fingerprint density at radius 3 is 2.29 bits per heavy atom. The van der Waals surface area contributed by atoms with E-state index in [1.807, 2.05) is 0 Å². The Morgan fingerprint density at radius 1 is 1.29 bits per heavy atom. The second kappa shape index (κ2) is 4.34. The molecule has 0 radical (unpaired) electrons. The number of halogens is 1. The summed E-state index contributed by atoms with van der Waals surface area (Å²) in [5.74, 6) is 0. The molecule has 1 aromatic carbocycles. The van der Waals surface area contributed by atoms with Crippen molar-refractivity contribution in [1.82, 2.24) is 0 Å². The molecule has 2 N–H and O–H groups in total. The van der Waals surface area contributed by atoms with Gasteiger partial charge in [0.15, 0.2) is 0 Å². The van der Waals surface area contributed by atoms with E-state index in [0.29, 0.717) is 6.54 Å². The standard InChI is InChI=1S/C9H10FNO2S/c10-14(12,13)9-5-3-8(4-6-9)2-1-7-11/h1-6H,7,11H2. The van der Waals surface area contributed by atoms with Gasteiger partial charge in [0.1, 0.15) is 0 Å². The van der Waals surface area contributed by atoms with Gasteiger partial charge in [0.05, 0.1) is 4.90 Å². The van der Waals surface area contributed by atoms with E-state index >= 15 is 0 Å². The number of rotatable bonds is 3. The maximum Gasteiger partial charge on any atom is 0.332 e. The zero-order chi connectivity index (χ0) is 10.6. The van der Waals surface area contributed by atoms with E-state index in [1.165, 1.54) is 24.3 Å². The van der Waals surface area contributed by atoms with Gasteiger partial charge >= 0.3 is 10.2 Å². The summed E-state index contributed by atoms with van der Waals surface area (Å²) in [6, 6.07) is 5.45. The first-order valence-electron chi connectivity index (χ1n) is 3.95. The lowest BCUT2D eigenvalue weighted by atomic mass is 10.2. The SMILES string of the molecule is NCC=Cc1ccc(S(=O)(=O)F)cc1. The van der Waals surface area contributed by atoms with Crippen molar-refractivity contribution < 1.29 is 12.3 Å². The lowest BCUT2D eigenvalue weighted by Gasteiger charge is -1.95. The van der Waals surface area contributed by atoms with Gasteiger partial charge in [-0.1, -0.05) is 24.3 Å². The van der Waals surface area contributed by atoms with Crippen molar-refractivity contribution in [3.8, 4) is 0 Å². The highest BCUT2D eigenvalue weighted by Gasteiger charge is 2.09. The van der Waals surface area contributed by atoms with E-state index in [2.05, 4.69) is 0 Å². The van der Waals surface area contributed by atoms with Crippen LogP contribution in [-0.4, -0.2) is 15.0 Å². The smallest absolute Gasteiger partial charge is 0.327 e. The van der Waals surface area contributed by atoms with Crippen LogP contribution in [0.1, 0.15) is 5.56 Å². The minimum atomic E-state index is -4.59. The van der Waals surface area contributed by atoms with Crippen LogP contribution in [0.2, 0.25) is 0 Å². The van der Waals surface area contributed by atoms with Gasteiger partial charge in [-0.25, -0.2) is 0 Å². The van der Waals surface area contributed by atoms with Crippen LogP contribution >= 0.6 is 0 Å². The Bertz CT molecular complexity index is 423. The summed E-state index contributed by atoms with van der Waals surface area (Å²) in [5, 5.41) is 0. The average Bonchev–Trinajstić information content (AvgIpc) is 2.14. The molecular weight excluding hydrogens is 205 g/mol. The number of benzene rings is 1. The minimum absolute atomic E-state index is 0.331. The van der Waals surface area contributed by atoms with E-state index in [0.717, 1.165) is 5.56 Å². The number of hydrogen-bond donors (Lipinski definition) is 1. The number of nitrogens with two attached hydrogens (primary N) is 1. The quantitative estimate of drug-likeness (QED) is 0.773. The van der Waals surface area contributed by atoms with Crippen LogP contribution < -0.4 is 5.73 Å². The van der Waals surface area contributed by atoms with Crippen LogP contribution in [0, 0.1) is 0 Å². The second-order valence-corrected chi connectivity index (χ2v) is 3.99. The molecule has 0 bridgehead atoms. The molecule has 0 aliphatic heterocycles. The molecule has 76 valence electrons. The van der Waals surface area contributed by atoms with E-state index in [-0.39, 0.29) is 4.90 Å². The van der Waals surface area contributed by atoms with Gasteiger partial charge < -0.3 is 5.73 Å². The zero-order valence-electron chi connectivity index (χ0n) is 7.35. The Hall–Kier alpha value is -1.20. The van der Waals surface area contributed by atoms with Crippen LogP contribution in [0.3, 0.4) is 0 Å². The summed E-state index contributed by atoms with van der Waals surface area (Å²) < 4.78 is 33.3. The highest BCUT2D eigenvalue weighted by Crippen LogP contribution is 2.13. The predicted octanol–water partition coefficient (Wildman–Crippen LogP) is 1.32. The van der Waals surface area contributed by atoms with E-state index in [1.54, 1.807) is 12.2 Å². The molecule has 3 nitrogen and oxygen atoms in total. The van der Waals surface area contributed by atoms with Gasteiger partial charge in [-0.15, -0.1) is 3.89 Å². The molecule has 0 saturated heterocycles. The highest BCUT2D eigenvalue weighted by molar-refractivity contribution is 7.86. The molecule has 1 rings (SSSR count). The monoisotopic (exact) mass is 215 g/mol. The molecule has 0 spiro atoms. The van der Waals surface area contributed by atoms with E-state index < -0.39 is 10.2 Å². The average molecular weight is 215 g/mol. The summed E-state index contributed by atoms with van der Waals surface area (Å²) in [7, 11) is -4.59. The van der Waals surface area contributed by atoms with Gasteiger partial charge in [0.2, 0.25) is 0 Å². The maximum atomic E-state index is 12.4. The molecule has 14 heavy (non-hydrogen) atoms. The van der Waals surface area contributed by atoms with Crippen molar-refractivity contribution in [2.45, 2.75) is 4.90 Å². The summed E-state index contributed by atoms with van der Waals surface area (Å²) >= 11 is 0. The van der Waals surface area contributed by atoms with Gasteiger partial charge in [-0.3, -0.25) is 0 Å². The lowest BCUT2D eigenvalue weighted by Crippen LogP contribution is -1.93. The minimum Gasteiger partial charge on any atom is -0.327 e. The van der Waals surface area contributed by atoms with Crippen LogP contribution in [0.5, 0.6) is 0 Å². The molecule has 0 heterocycles. The Kier molecular flexibility index (Phi) is 3.38. The largest absolute Gasteiger partial charge is 0.332 e. The summed E-state index contributed by atoms with van der Waals surface area (Å²) in [4.78, 5) is -0.331. The van der Waals surface area contributed by atoms with Crippen LogP contribution in [0.15, 0.2) is 35.2 Å². The molecule has 0 amide bonds. The van der Waals surface area contributed by atoms with Crippen molar-refractivity contribution >= 4 is 16.3 Å². The van der Waals surface area contributed by atoms with Crippen LogP contribution in [0.25, 0.3) is 6.08 Å². The first kappa shape index (κ1) is 10.9. The molecule has 1 aromatic rings. The van der Waals surface area contributed by atoms with Gasteiger partial charge in [0.25, 0.3) is 0 Å². The summed E-state index contributed by atoms with van der Waals surface area (Å²) in [6.07, 6.45) is 3.45. The van der Waals surface area contributed by atoms with Crippen molar-refractivity contribution in [3.63, 3.8) is 0 Å². The van der Waals surface area contributed by atoms with Gasteiger partial charge in [-0.05, 0) is 17.7 Å². The van der Waals surface area contributed by atoms with Crippen molar-refractivity contribution in [2.75, 3.05) is 6.54 Å². The first-order valence-corrected chi connectivity index (χ1v) is 5.34. The third-order valence-corrected chi connectivity index (χ3v) is 2.44. The Labute approximate surface area is 82.3 Å². The maximum absolute atomic E-state index is 12.4. The molecular formula is C9H10FNO2S. The Balaban J connectivity index is 2.95. The molecule has 0 aliphatic carbocycles. The zero-order valence-corrected chi connectivity index (χ0v) is 8.17. The normalized spacial score (nSPS) is 12.1. The molecule has 0 saturated carbocycles. The molecule has 0 fully saturated rings. The topological polar surface area (TPSA) is 60.2 Å². The predicted molar refractivity (Wildman–Crippen MR) is 52.8 cm³/mol. The molecule has 5 heteroatoms. The molecule has 0 unspecified atom stereocenters. The van der Waals surface area contributed by atoms with Crippen molar-refractivity contribution in [1.29, 1.82) is 0 Å². The fraction of sp³-hybridized carbons (Fsp3) is 0.111. The fourth-order valence-corrected chi connectivity index (χ4v) is 1.41. The third-order valence-electron chi connectivity index (χ3n) is 1.61. The second-order valence-electron chi connectivity index (χ2n) is 2.64. The Morgan fingerprint density at radius 2 is 1.86 bits per heavy atom.